The molecule has 0 aliphatic rings. The van der Waals surface area contributed by atoms with Crippen LogP contribution in [0.15, 0.2) is 30.3 Å². The third kappa shape index (κ3) is 5.47. The molecule has 0 aromatic heterocycles. The smallest absolute Gasteiger partial charge is 0.507 e. The summed E-state index contributed by atoms with van der Waals surface area (Å²) in [5.41, 5.74) is 1.10. The summed E-state index contributed by atoms with van der Waals surface area (Å²) >= 11 is 0. The Morgan fingerprint density at radius 1 is 0.923 bits per heavy atom. The third-order valence-electron chi connectivity index (χ3n) is 4.13. The molecule has 5 nitrogen and oxygen atoms in total. The first-order valence-electron chi connectivity index (χ1n) is 9.36. The van der Waals surface area contributed by atoms with Crippen LogP contribution in [0.3, 0.4) is 0 Å². The minimum absolute atomic E-state index is 0.163. The maximum absolute atomic E-state index is 13.1. The highest BCUT2D eigenvalue weighted by Crippen LogP contribution is 2.51. The minimum Gasteiger partial charge on any atom is -0.507 e. The van der Waals surface area contributed by atoms with Crippen LogP contribution in [0.1, 0.15) is 52.0 Å². The number of benzene rings is 2. The van der Waals surface area contributed by atoms with Crippen molar-refractivity contribution in [1.82, 2.24) is 0 Å². The lowest BCUT2D eigenvalue weighted by molar-refractivity contribution is 0.152. The van der Waals surface area contributed by atoms with E-state index in [4.69, 9.17) is 13.6 Å². The van der Waals surface area contributed by atoms with Gasteiger partial charge in [-0.2, -0.15) is 0 Å². The van der Waals surface area contributed by atoms with Crippen molar-refractivity contribution >= 4 is 18.6 Å². The van der Waals surface area contributed by atoms with Crippen molar-refractivity contribution in [1.29, 1.82) is 0 Å². The van der Waals surface area contributed by atoms with Crippen LogP contribution in [0.2, 0.25) is 0 Å². The average molecular weight is 380 g/mol. The molecular weight excluding hydrogens is 351 g/mol. The molecule has 0 unspecified atom stereocenters. The molecule has 1 N–H and O–H groups in total. The van der Waals surface area contributed by atoms with E-state index in [9.17, 15) is 9.67 Å². The number of phenolic OH excluding ortho intramolecular Hbond substituents is 1. The van der Waals surface area contributed by atoms with Crippen molar-refractivity contribution in [3.63, 3.8) is 0 Å². The molecule has 2 aromatic rings. The first kappa shape index (κ1) is 20.8. The number of unbranched alkanes of at least 4 members (excludes halogenated alkanes) is 2. The van der Waals surface area contributed by atoms with Crippen molar-refractivity contribution < 1.29 is 23.2 Å². The number of rotatable bonds is 11. The molecule has 0 fully saturated rings. The molecule has 0 amide bonds. The molecule has 0 heterocycles. The fraction of sp³-hybridized carbons (Fsp3) is 0.500. The van der Waals surface area contributed by atoms with Crippen LogP contribution < -0.4 is 4.52 Å². The molecule has 0 bridgehead atoms. The zero-order chi connectivity index (χ0) is 19.0. The summed E-state index contributed by atoms with van der Waals surface area (Å²) in [6.07, 6.45) is 4.27. The van der Waals surface area contributed by atoms with E-state index < -0.39 is 7.82 Å². The predicted molar refractivity (Wildman–Crippen MR) is 105 cm³/mol. The molecule has 26 heavy (non-hydrogen) atoms. The van der Waals surface area contributed by atoms with E-state index in [0.29, 0.717) is 29.7 Å². The van der Waals surface area contributed by atoms with Crippen molar-refractivity contribution in [2.24, 2.45) is 0 Å². The number of phosphoric ester groups is 1. The van der Waals surface area contributed by atoms with Crippen LogP contribution in [0.25, 0.3) is 10.8 Å². The first-order valence-corrected chi connectivity index (χ1v) is 10.8. The van der Waals surface area contributed by atoms with Gasteiger partial charge < -0.3 is 9.63 Å². The molecular formula is C20H29O5P. The van der Waals surface area contributed by atoms with Gasteiger partial charge in [-0.3, -0.25) is 9.05 Å². The van der Waals surface area contributed by atoms with Crippen molar-refractivity contribution in [2.75, 3.05) is 13.2 Å². The highest BCUT2D eigenvalue weighted by Gasteiger charge is 2.29. The number of phenols is 1. The van der Waals surface area contributed by atoms with Gasteiger partial charge in [-0.1, -0.05) is 45.7 Å². The Morgan fingerprint density at radius 2 is 1.58 bits per heavy atom. The standard InChI is InChI=1S/C20H29O5P/c1-4-7-13-23-26(22,24-14-8-5-2)25-20-12-11-19(21)18-15-16(6-3)9-10-17(18)20/h9-12,15,21H,4-8,13-14H2,1-3H3. The Kier molecular flexibility index (Phi) is 7.95. The van der Waals surface area contributed by atoms with Gasteiger partial charge >= 0.3 is 7.82 Å². The maximum Gasteiger partial charge on any atom is 0.530 e. The second-order valence-corrected chi connectivity index (χ2v) is 7.82. The van der Waals surface area contributed by atoms with Gasteiger partial charge in [-0.05, 0) is 43.0 Å². The third-order valence-corrected chi connectivity index (χ3v) is 5.55. The van der Waals surface area contributed by atoms with E-state index in [0.717, 1.165) is 37.7 Å². The lowest BCUT2D eigenvalue weighted by atomic mass is 10.0. The van der Waals surface area contributed by atoms with Gasteiger partial charge in [-0.15, -0.1) is 0 Å². The molecule has 0 radical (unpaired) electrons. The van der Waals surface area contributed by atoms with E-state index in [1.807, 2.05) is 32.0 Å². The number of hydrogen-bond donors (Lipinski definition) is 1. The molecule has 0 saturated carbocycles. The SMILES string of the molecule is CCCCOP(=O)(OCCCC)Oc1ccc(O)c2cc(CC)ccc12. The van der Waals surface area contributed by atoms with Gasteiger partial charge in [0.1, 0.15) is 11.5 Å². The van der Waals surface area contributed by atoms with Crippen molar-refractivity contribution in [3.8, 4) is 11.5 Å². The maximum atomic E-state index is 13.1. The summed E-state index contributed by atoms with van der Waals surface area (Å²) in [6, 6.07) is 8.89. The molecule has 6 heteroatoms. The minimum atomic E-state index is -3.72. The van der Waals surface area contributed by atoms with Gasteiger partial charge in [0.15, 0.2) is 0 Å². The van der Waals surface area contributed by atoms with E-state index in [1.165, 1.54) is 0 Å². The largest absolute Gasteiger partial charge is 0.530 e. The van der Waals surface area contributed by atoms with Crippen LogP contribution in [0.5, 0.6) is 11.5 Å². The fourth-order valence-electron chi connectivity index (χ4n) is 2.50. The zero-order valence-electron chi connectivity index (χ0n) is 15.9. The quantitative estimate of drug-likeness (QED) is 0.370. The monoisotopic (exact) mass is 380 g/mol. The number of aromatic hydroxyl groups is 1. The number of phosphoric acid groups is 1. The predicted octanol–water partition coefficient (Wildman–Crippen LogP) is 6.23. The Bertz CT molecular complexity index is 745. The molecule has 0 atom stereocenters. The molecule has 2 aromatic carbocycles. The van der Waals surface area contributed by atoms with E-state index in [2.05, 4.69) is 6.92 Å². The van der Waals surface area contributed by atoms with Gasteiger partial charge in [0.25, 0.3) is 0 Å². The normalized spacial score (nSPS) is 11.8. The first-order chi connectivity index (χ1) is 12.5. The zero-order valence-corrected chi connectivity index (χ0v) is 16.8. The summed E-state index contributed by atoms with van der Waals surface area (Å²) in [5.74, 6) is 0.549. The fourth-order valence-corrected chi connectivity index (χ4v) is 3.79. The molecule has 0 aliphatic heterocycles. The number of aryl methyl sites for hydroxylation is 1. The van der Waals surface area contributed by atoms with Gasteiger partial charge in [0.05, 0.1) is 13.2 Å². The van der Waals surface area contributed by atoms with Crippen molar-refractivity contribution in [2.45, 2.75) is 52.9 Å². The van der Waals surface area contributed by atoms with Crippen molar-refractivity contribution in [3.05, 3.63) is 35.9 Å². The lowest BCUT2D eigenvalue weighted by Crippen LogP contribution is -2.05. The van der Waals surface area contributed by atoms with E-state index in [1.54, 1.807) is 12.1 Å². The van der Waals surface area contributed by atoms with E-state index in [-0.39, 0.29) is 5.75 Å². The second kappa shape index (κ2) is 9.96. The summed E-state index contributed by atoms with van der Waals surface area (Å²) in [6.45, 7) is 6.75. The highest BCUT2D eigenvalue weighted by atomic mass is 31.2. The Balaban J connectivity index is 2.31. The summed E-state index contributed by atoms with van der Waals surface area (Å²) in [4.78, 5) is 0. The van der Waals surface area contributed by atoms with Crippen LogP contribution in [-0.4, -0.2) is 18.3 Å². The molecule has 0 spiro atoms. The topological polar surface area (TPSA) is 65.0 Å². The summed E-state index contributed by atoms with van der Waals surface area (Å²) in [7, 11) is -3.72. The molecule has 0 aliphatic carbocycles. The van der Waals surface area contributed by atoms with Crippen LogP contribution in [0.4, 0.5) is 0 Å². The molecule has 0 saturated heterocycles. The highest BCUT2D eigenvalue weighted by molar-refractivity contribution is 7.48. The molecule has 144 valence electrons. The summed E-state index contributed by atoms with van der Waals surface area (Å²) in [5, 5.41) is 11.5. The number of hydrogen-bond acceptors (Lipinski definition) is 5. The Labute approximate surface area is 155 Å². The Morgan fingerprint density at radius 3 is 2.15 bits per heavy atom. The molecule has 2 rings (SSSR count). The van der Waals surface area contributed by atoms with Gasteiger partial charge in [0, 0.05) is 10.8 Å². The van der Waals surface area contributed by atoms with Crippen LogP contribution in [-0.2, 0) is 20.0 Å². The summed E-state index contributed by atoms with van der Waals surface area (Å²) < 4.78 is 29.8. The van der Waals surface area contributed by atoms with Gasteiger partial charge in [0.2, 0.25) is 0 Å². The van der Waals surface area contributed by atoms with Gasteiger partial charge in [-0.25, -0.2) is 4.57 Å². The Hall–Kier alpha value is -1.55. The van der Waals surface area contributed by atoms with E-state index >= 15 is 0 Å². The lowest BCUT2D eigenvalue weighted by Gasteiger charge is -2.20. The number of fused-ring (bicyclic) bond motifs is 1. The average Bonchev–Trinajstić information content (AvgIpc) is 2.64. The van der Waals surface area contributed by atoms with Crippen LogP contribution >= 0.6 is 7.82 Å². The second-order valence-electron chi connectivity index (χ2n) is 6.23. The van der Waals surface area contributed by atoms with Crippen LogP contribution in [0, 0.1) is 0 Å².